The first-order chi connectivity index (χ1) is 14.7. The number of piperidine rings is 1. The van der Waals surface area contributed by atoms with Gasteiger partial charge in [0.05, 0.1) is 0 Å². The maximum atomic E-state index is 13.2. The molecule has 174 valence electrons. The van der Waals surface area contributed by atoms with Crippen molar-refractivity contribution in [2.75, 3.05) is 26.3 Å². The van der Waals surface area contributed by atoms with Crippen LogP contribution in [0.5, 0.6) is 5.75 Å². The second-order valence-corrected chi connectivity index (χ2v) is 9.33. The van der Waals surface area contributed by atoms with Crippen molar-refractivity contribution in [3.8, 4) is 5.75 Å². The van der Waals surface area contributed by atoms with E-state index in [1.54, 1.807) is 21.9 Å². The second kappa shape index (κ2) is 9.80. The van der Waals surface area contributed by atoms with E-state index in [0.717, 1.165) is 5.56 Å². The summed E-state index contributed by atoms with van der Waals surface area (Å²) in [6.45, 7) is 1.41. The molecule has 2 fully saturated rings. The molecular weight excluding hydrogens is 444 g/mol. The average molecular weight is 468 g/mol. The van der Waals surface area contributed by atoms with Gasteiger partial charge in [-0.05, 0) is 49.3 Å². The van der Waals surface area contributed by atoms with Gasteiger partial charge in [-0.15, -0.1) is 0 Å². The summed E-state index contributed by atoms with van der Waals surface area (Å²) in [5, 5.41) is 9.12. The zero-order chi connectivity index (χ0) is 22.6. The first-order valence-corrected chi connectivity index (χ1v) is 10.9. The highest BCUT2D eigenvalue weighted by atomic mass is 32.2. The number of hydroxylamine groups is 1. The summed E-state index contributed by atoms with van der Waals surface area (Å²) >= 11 is 0. The highest BCUT2D eigenvalue weighted by Gasteiger charge is 2.49. The lowest BCUT2D eigenvalue weighted by Crippen LogP contribution is -2.57. The Labute approximate surface area is 179 Å². The molecule has 7 nitrogen and oxygen atoms in total. The minimum atomic E-state index is -4.56. The molecule has 12 heteroatoms. The van der Waals surface area contributed by atoms with Crippen molar-refractivity contribution in [2.45, 2.75) is 48.9 Å². The number of alkyl halides is 4. The van der Waals surface area contributed by atoms with Crippen molar-refractivity contribution in [3.05, 3.63) is 29.8 Å². The molecule has 0 aliphatic carbocycles. The molecule has 0 radical (unpaired) electrons. The van der Waals surface area contributed by atoms with Gasteiger partial charge in [-0.25, -0.2) is 14.0 Å². The Morgan fingerprint density at radius 3 is 2.32 bits per heavy atom. The lowest BCUT2D eigenvalue weighted by Gasteiger charge is -2.40. The van der Waals surface area contributed by atoms with Crippen LogP contribution in [0.1, 0.15) is 37.2 Å². The van der Waals surface area contributed by atoms with Crippen molar-refractivity contribution in [2.24, 2.45) is 0 Å². The molecule has 2 aliphatic heterocycles. The molecule has 2 N–H and O–H groups in total. The number of carbonyl (C=O) groups is 1. The maximum absolute atomic E-state index is 13.2. The van der Waals surface area contributed by atoms with Crippen LogP contribution in [0, 0.1) is 0 Å². The van der Waals surface area contributed by atoms with E-state index in [-0.39, 0.29) is 37.7 Å². The zero-order valence-corrected chi connectivity index (χ0v) is 17.4. The SMILES string of the molecule is O=C(NO)C1(S(=O)N2CCC(c3ccc(OC(F)(F)C(F)F)cc3)CC2)CCOCC1. The van der Waals surface area contributed by atoms with E-state index < -0.39 is 34.2 Å². The minimum Gasteiger partial charge on any atom is -0.428 e. The van der Waals surface area contributed by atoms with E-state index >= 15 is 0 Å². The Hall–Kier alpha value is -1.76. The van der Waals surface area contributed by atoms with Crippen molar-refractivity contribution in [1.82, 2.24) is 9.79 Å². The smallest absolute Gasteiger partial charge is 0.428 e. The molecule has 0 spiro atoms. The lowest BCUT2D eigenvalue weighted by molar-refractivity contribution is -0.253. The number of hydrogen-bond acceptors (Lipinski definition) is 5. The third kappa shape index (κ3) is 5.18. The number of benzene rings is 1. The Morgan fingerprint density at radius 2 is 1.81 bits per heavy atom. The number of ether oxygens (including phenoxy) is 2. The van der Waals surface area contributed by atoms with Crippen LogP contribution in [0.15, 0.2) is 24.3 Å². The van der Waals surface area contributed by atoms with Crippen LogP contribution in [-0.2, 0) is 20.5 Å². The predicted octanol–water partition coefficient (Wildman–Crippen LogP) is 2.82. The summed E-state index contributed by atoms with van der Waals surface area (Å²) in [7, 11) is -1.67. The van der Waals surface area contributed by atoms with E-state index in [0.29, 0.717) is 25.9 Å². The number of amides is 1. The molecular formula is C19H24F4N2O5S. The van der Waals surface area contributed by atoms with Gasteiger partial charge >= 0.3 is 12.5 Å². The molecule has 3 rings (SSSR count). The van der Waals surface area contributed by atoms with Crippen LogP contribution in [0.25, 0.3) is 0 Å². The van der Waals surface area contributed by atoms with Gasteiger partial charge < -0.3 is 9.47 Å². The first kappa shape index (κ1) is 23.9. The van der Waals surface area contributed by atoms with Crippen molar-refractivity contribution >= 4 is 16.9 Å². The van der Waals surface area contributed by atoms with Gasteiger partial charge in [-0.3, -0.25) is 10.0 Å². The Bertz CT molecular complexity index is 782. The Morgan fingerprint density at radius 1 is 1.23 bits per heavy atom. The van der Waals surface area contributed by atoms with Crippen molar-refractivity contribution in [1.29, 1.82) is 0 Å². The highest BCUT2D eigenvalue weighted by molar-refractivity contribution is 7.85. The molecule has 2 heterocycles. The fourth-order valence-corrected chi connectivity index (χ4v) is 5.65. The van der Waals surface area contributed by atoms with Crippen LogP contribution in [0.2, 0.25) is 0 Å². The molecule has 2 saturated heterocycles. The minimum absolute atomic E-state index is 0.0511. The Balaban J connectivity index is 1.61. The molecule has 1 amide bonds. The van der Waals surface area contributed by atoms with Crippen LogP contribution in [0.3, 0.4) is 0 Å². The number of rotatable bonds is 7. The largest absolute Gasteiger partial charge is 0.461 e. The Kier molecular flexibility index (Phi) is 7.55. The van der Waals surface area contributed by atoms with E-state index in [1.807, 2.05) is 0 Å². The molecule has 1 atom stereocenters. The highest BCUT2D eigenvalue weighted by Crippen LogP contribution is 2.35. The van der Waals surface area contributed by atoms with Crippen LogP contribution in [-0.4, -0.2) is 63.2 Å². The summed E-state index contributed by atoms with van der Waals surface area (Å²) in [6, 6.07) is 5.54. The number of hydrogen-bond donors (Lipinski definition) is 2. The van der Waals surface area contributed by atoms with E-state index in [2.05, 4.69) is 4.74 Å². The molecule has 2 aliphatic rings. The standard InChI is InChI=1S/C19H24F4N2O5S/c20-16(21)19(22,23)30-15-3-1-13(2-4-15)14-5-9-25(10-6-14)31(28)18(17(26)24-27)7-11-29-12-8-18/h1-4,14,16,27H,5-12H2,(H,24,26). The number of halogens is 4. The van der Waals surface area contributed by atoms with Gasteiger partial charge in [-0.2, -0.15) is 17.6 Å². The summed E-state index contributed by atoms with van der Waals surface area (Å²) < 4.78 is 73.6. The summed E-state index contributed by atoms with van der Waals surface area (Å²) in [5.41, 5.74) is 2.46. The predicted molar refractivity (Wildman–Crippen MR) is 102 cm³/mol. The molecule has 1 aromatic carbocycles. The average Bonchev–Trinajstić information content (AvgIpc) is 2.78. The van der Waals surface area contributed by atoms with Crippen LogP contribution in [0.4, 0.5) is 17.6 Å². The molecule has 1 unspecified atom stereocenters. The molecule has 31 heavy (non-hydrogen) atoms. The normalized spacial score (nSPS) is 21.6. The van der Waals surface area contributed by atoms with Crippen molar-refractivity contribution < 1.29 is 41.2 Å². The number of nitrogens with one attached hydrogen (secondary N) is 1. The molecule has 0 aromatic heterocycles. The van der Waals surface area contributed by atoms with Crippen molar-refractivity contribution in [3.63, 3.8) is 0 Å². The van der Waals surface area contributed by atoms with Gasteiger partial charge in [0, 0.05) is 26.3 Å². The van der Waals surface area contributed by atoms with Gasteiger partial charge in [0.1, 0.15) is 21.5 Å². The monoisotopic (exact) mass is 468 g/mol. The summed E-state index contributed by atoms with van der Waals surface area (Å²) in [4.78, 5) is 12.3. The second-order valence-electron chi connectivity index (χ2n) is 7.53. The van der Waals surface area contributed by atoms with Crippen LogP contribution >= 0.6 is 0 Å². The quantitative estimate of drug-likeness (QED) is 0.365. The number of carbonyl (C=O) groups excluding carboxylic acids is 1. The van der Waals surface area contributed by atoms with Gasteiger partial charge in [0.25, 0.3) is 5.91 Å². The van der Waals surface area contributed by atoms with Crippen LogP contribution < -0.4 is 10.2 Å². The molecule has 1 aromatic rings. The third-order valence-corrected chi connectivity index (χ3v) is 7.79. The summed E-state index contributed by atoms with van der Waals surface area (Å²) in [6.07, 6.45) is -6.81. The van der Waals surface area contributed by atoms with Gasteiger partial charge in [-0.1, -0.05) is 12.1 Å². The summed E-state index contributed by atoms with van der Waals surface area (Å²) in [5.74, 6) is -0.994. The van der Waals surface area contributed by atoms with E-state index in [9.17, 15) is 26.6 Å². The first-order valence-electron chi connectivity index (χ1n) is 9.84. The zero-order valence-electron chi connectivity index (χ0n) is 16.6. The lowest BCUT2D eigenvalue weighted by atomic mass is 9.90. The topological polar surface area (TPSA) is 88.1 Å². The van der Waals surface area contributed by atoms with Gasteiger partial charge in [0.2, 0.25) is 0 Å². The fourth-order valence-electron chi connectivity index (χ4n) is 3.90. The van der Waals surface area contributed by atoms with E-state index in [4.69, 9.17) is 9.94 Å². The third-order valence-electron chi connectivity index (χ3n) is 5.70. The van der Waals surface area contributed by atoms with Gasteiger partial charge in [0.15, 0.2) is 0 Å². The molecule has 0 bridgehead atoms. The fraction of sp³-hybridized carbons (Fsp3) is 0.632. The molecule has 0 saturated carbocycles. The number of nitrogens with zero attached hydrogens (tertiary/aromatic N) is 1. The maximum Gasteiger partial charge on any atom is 0.461 e. The van der Waals surface area contributed by atoms with E-state index in [1.165, 1.54) is 12.1 Å².